The summed E-state index contributed by atoms with van der Waals surface area (Å²) in [6, 6.07) is 9.64. The van der Waals surface area contributed by atoms with Crippen LogP contribution in [0.5, 0.6) is 0 Å². The average Bonchev–Trinajstić information content (AvgIpc) is 2.79. The molecule has 2 aromatic rings. The molecule has 1 unspecified atom stereocenters. The van der Waals surface area contributed by atoms with Crippen molar-refractivity contribution in [2.24, 2.45) is 7.05 Å². The quantitative estimate of drug-likeness (QED) is 0.781. The third-order valence-electron chi connectivity index (χ3n) is 2.81. The lowest BCUT2D eigenvalue weighted by atomic mass is 10.1. The normalized spacial score (nSPS) is 12.6. The molecule has 1 atom stereocenters. The summed E-state index contributed by atoms with van der Waals surface area (Å²) in [5.41, 5.74) is 0.924. The van der Waals surface area contributed by atoms with Crippen LogP contribution >= 0.6 is 11.8 Å². The van der Waals surface area contributed by atoms with E-state index >= 15 is 0 Å². The number of rotatable bonds is 6. The summed E-state index contributed by atoms with van der Waals surface area (Å²) >= 11 is 1.51. The first-order valence-corrected chi connectivity index (χ1v) is 7.09. The van der Waals surface area contributed by atoms with Gasteiger partial charge in [-0.05, 0) is 12.6 Å². The van der Waals surface area contributed by atoms with Crippen molar-refractivity contribution in [1.29, 1.82) is 0 Å². The van der Waals surface area contributed by atoms with Crippen LogP contribution in [-0.4, -0.2) is 32.7 Å². The van der Waals surface area contributed by atoms with Crippen LogP contribution in [0.4, 0.5) is 0 Å². The fraction of sp³-hybridized carbons (Fsp3) is 0.385. The Balaban J connectivity index is 1.95. The Labute approximate surface area is 117 Å². The van der Waals surface area contributed by atoms with Gasteiger partial charge in [0.05, 0.1) is 12.6 Å². The molecule has 0 aliphatic carbocycles. The largest absolute Gasteiger partial charge is 0.388 e. The summed E-state index contributed by atoms with van der Waals surface area (Å²) in [6.45, 7) is 0.686. The zero-order chi connectivity index (χ0) is 13.7. The maximum Gasteiger partial charge on any atom is 0.191 e. The van der Waals surface area contributed by atoms with E-state index < -0.39 is 6.10 Å². The SMILES string of the molecule is CNCc1nnc(SCC(O)c2ccccc2)n1C. The molecule has 5 nitrogen and oxygen atoms in total. The molecule has 1 heterocycles. The van der Waals surface area contributed by atoms with Crippen LogP contribution in [0.3, 0.4) is 0 Å². The van der Waals surface area contributed by atoms with E-state index in [4.69, 9.17) is 0 Å². The number of nitrogens with zero attached hydrogens (tertiary/aromatic N) is 3. The second kappa shape index (κ2) is 6.70. The van der Waals surface area contributed by atoms with Crippen molar-refractivity contribution in [3.8, 4) is 0 Å². The number of aliphatic hydroxyl groups is 1. The monoisotopic (exact) mass is 278 g/mol. The third-order valence-corrected chi connectivity index (χ3v) is 3.91. The van der Waals surface area contributed by atoms with Crippen LogP contribution in [0.15, 0.2) is 35.5 Å². The van der Waals surface area contributed by atoms with E-state index in [0.717, 1.165) is 16.5 Å². The van der Waals surface area contributed by atoms with Crippen molar-refractivity contribution in [2.45, 2.75) is 17.8 Å². The molecule has 6 heteroatoms. The minimum atomic E-state index is -0.490. The highest BCUT2D eigenvalue weighted by Crippen LogP contribution is 2.23. The van der Waals surface area contributed by atoms with Crippen molar-refractivity contribution in [1.82, 2.24) is 20.1 Å². The minimum absolute atomic E-state index is 0.490. The lowest BCUT2D eigenvalue weighted by Crippen LogP contribution is -2.10. The molecule has 1 aromatic carbocycles. The summed E-state index contributed by atoms with van der Waals surface area (Å²) in [6.07, 6.45) is -0.490. The standard InChI is InChI=1S/C13H18N4OS/c1-14-8-12-15-16-13(17(12)2)19-9-11(18)10-6-4-3-5-7-10/h3-7,11,14,18H,8-9H2,1-2H3. The lowest BCUT2D eigenvalue weighted by Gasteiger charge is -2.10. The van der Waals surface area contributed by atoms with Crippen LogP contribution in [0.1, 0.15) is 17.5 Å². The van der Waals surface area contributed by atoms with E-state index in [0.29, 0.717) is 12.3 Å². The van der Waals surface area contributed by atoms with Crippen molar-refractivity contribution < 1.29 is 5.11 Å². The Morgan fingerprint density at radius 2 is 2.05 bits per heavy atom. The Bertz CT molecular complexity index is 515. The van der Waals surface area contributed by atoms with Gasteiger partial charge in [0.2, 0.25) is 0 Å². The van der Waals surface area contributed by atoms with Gasteiger partial charge in [-0.15, -0.1) is 10.2 Å². The Hall–Kier alpha value is -1.37. The summed E-state index contributed by atoms with van der Waals surface area (Å²) < 4.78 is 1.94. The predicted molar refractivity (Wildman–Crippen MR) is 75.9 cm³/mol. The number of hydrogen-bond donors (Lipinski definition) is 2. The Morgan fingerprint density at radius 3 is 2.74 bits per heavy atom. The second-order valence-electron chi connectivity index (χ2n) is 4.23. The molecule has 2 rings (SSSR count). The van der Waals surface area contributed by atoms with Crippen LogP contribution in [0.25, 0.3) is 0 Å². The topological polar surface area (TPSA) is 63.0 Å². The smallest absolute Gasteiger partial charge is 0.191 e. The third kappa shape index (κ3) is 3.56. The molecule has 0 amide bonds. The number of aromatic nitrogens is 3. The van der Waals surface area contributed by atoms with Gasteiger partial charge in [0.1, 0.15) is 5.82 Å². The van der Waals surface area contributed by atoms with Crippen LogP contribution < -0.4 is 5.32 Å². The van der Waals surface area contributed by atoms with E-state index in [2.05, 4.69) is 15.5 Å². The van der Waals surface area contributed by atoms with E-state index in [1.165, 1.54) is 11.8 Å². The van der Waals surface area contributed by atoms with Crippen LogP contribution in [0.2, 0.25) is 0 Å². The molecule has 0 bridgehead atoms. The van der Waals surface area contributed by atoms with E-state index in [9.17, 15) is 5.11 Å². The predicted octanol–water partition coefficient (Wildman–Crippen LogP) is 1.36. The number of benzene rings is 1. The number of aliphatic hydroxyl groups excluding tert-OH is 1. The second-order valence-corrected chi connectivity index (χ2v) is 5.21. The van der Waals surface area contributed by atoms with Crippen molar-refractivity contribution >= 4 is 11.8 Å². The van der Waals surface area contributed by atoms with Crippen molar-refractivity contribution in [2.75, 3.05) is 12.8 Å². The molecular weight excluding hydrogens is 260 g/mol. The Kier molecular flexibility index (Phi) is 4.95. The maximum absolute atomic E-state index is 10.1. The van der Waals surface area contributed by atoms with Gasteiger partial charge in [-0.1, -0.05) is 42.1 Å². The van der Waals surface area contributed by atoms with Crippen LogP contribution in [0, 0.1) is 0 Å². The molecule has 0 aliphatic rings. The van der Waals surface area contributed by atoms with Gasteiger partial charge in [-0.2, -0.15) is 0 Å². The zero-order valence-electron chi connectivity index (χ0n) is 11.1. The summed E-state index contributed by atoms with van der Waals surface area (Å²) in [4.78, 5) is 0. The first kappa shape index (κ1) is 14.0. The first-order chi connectivity index (χ1) is 9.22. The number of nitrogens with one attached hydrogen (secondary N) is 1. The first-order valence-electron chi connectivity index (χ1n) is 6.11. The molecule has 0 aliphatic heterocycles. The minimum Gasteiger partial charge on any atom is -0.388 e. The molecule has 0 radical (unpaired) electrons. The van der Waals surface area contributed by atoms with Gasteiger partial charge in [-0.3, -0.25) is 0 Å². The molecule has 19 heavy (non-hydrogen) atoms. The summed E-state index contributed by atoms with van der Waals surface area (Å²) in [7, 11) is 3.81. The fourth-order valence-corrected chi connectivity index (χ4v) is 2.60. The lowest BCUT2D eigenvalue weighted by molar-refractivity contribution is 0.204. The Morgan fingerprint density at radius 1 is 1.32 bits per heavy atom. The molecule has 0 saturated carbocycles. The summed E-state index contributed by atoms with van der Waals surface area (Å²) in [5.74, 6) is 1.45. The van der Waals surface area contributed by atoms with Gasteiger partial charge in [0, 0.05) is 12.8 Å². The van der Waals surface area contributed by atoms with Crippen LogP contribution in [-0.2, 0) is 13.6 Å². The van der Waals surface area contributed by atoms with E-state index in [1.807, 2.05) is 49.0 Å². The van der Waals surface area contributed by atoms with Gasteiger partial charge in [0.15, 0.2) is 5.16 Å². The average molecular weight is 278 g/mol. The molecular formula is C13H18N4OS. The molecule has 2 N–H and O–H groups in total. The highest BCUT2D eigenvalue weighted by Gasteiger charge is 2.12. The number of thioether (sulfide) groups is 1. The fourth-order valence-electron chi connectivity index (χ4n) is 1.71. The zero-order valence-corrected chi connectivity index (χ0v) is 11.9. The number of hydrogen-bond acceptors (Lipinski definition) is 5. The van der Waals surface area contributed by atoms with E-state index in [-0.39, 0.29) is 0 Å². The van der Waals surface area contributed by atoms with Crippen molar-refractivity contribution in [3.05, 3.63) is 41.7 Å². The van der Waals surface area contributed by atoms with Gasteiger partial charge < -0.3 is 15.0 Å². The van der Waals surface area contributed by atoms with Gasteiger partial charge in [-0.25, -0.2) is 0 Å². The molecule has 102 valence electrons. The molecule has 0 spiro atoms. The van der Waals surface area contributed by atoms with Crippen molar-refractivity contribution in [3.63, 3.8) is 0 Å². The maximum atomic E-state index is 10.1. The molecule has 0 fully saturated rings. The molecule has 0 saturated heterocycles. The van der Waals surface area contributed by atoms with Gasteiger partial charge >= 0.3 is 0 Å². The molecule has 1 aromatic heterocycles. The highest BCUT2D eigenvalue weighted by atomic mass is 32.2. The summed E-state index contributed by atoms with van der Waals surface area (Å²) in [5, 5.41) is 22.2. The van der Waals surface area contributed by atoms with E-state index in [1.54, 1.807) is 0 Å². The van der Waals surface area contributed by atoms with Gasteiger partial charge in [0.25, 0.3) is 0 Å². The highest BCUT2D eigenvalue weighted by molar-refractivity contribution is 7.99.